The van der Waals surface area contributed by atoms with Crippen molar-refractivity contribution in [3.63, 3.8) is 0 Å². The molecule has 33 heavy (non-hydrogen) atoms. The van der Waals surface area contributed by atoms with Gasteiger partial charge >= 0.3 is 5.97 Å². The van der Waals surface area contributed by atoms with Crippen molar-refractivity contribution in [1.82, 2.24) is 4.90 Å². The number of nitrogens with zero attached hydrogens (tertiary/aromatic N) is 1. The number of carboxylic acids is 1. The van der Waals surface area contributed by atoms with Crippen LogP contribution in [-0.2, 0) is 4.79 Å². The second-order valence-corrected chi connectivity index (χ2v) is 11.8. The molecule has 1 aliphatic heterocycles. The lowest BCUT2D eigenvalue weighted by molar-refractivity contribution is -0.141. The Kier molecular flexibility index (Phi) is 5.00. The fraction of sp³-hybridized carbons (Fsp3) is 0.704. The quantitative estimate of drug-likeness (QED) is 0.626. The number of hydrogen-bond acceptors (Lipinski definition) is 3. The summed E-state index contributed by atoms with van der Waals surface area (Å²) in [4.78, 5) is 26.3. The Hall–Kier alpha value is -2.11. The average Bonchev–Trinajstić information content (AvgIpc) is 3.52. The highest BCUT2D eigenvalue weighted by atomic mass is 19.1. The van der Waals surface area contributed by atoms with Crippen LogP contribution in [-0.4, -0.2) is 40.6 Å². The highest BCUT2D eigenvalue weighted by molar-refractivity contribution is 5.98. The maximum atomic E-state index is 15.3. The predicted molar refractivity (Wildman–Crippen MR) is 121 cm³/mol. The van der Waals surface area contributed by atoms with Gasteiger partial charge in [-0.05, 0) is 106 Å². The van der Waals surface area contributed by atoms with Crippen molar-refractivity contribution in [1.29, 1.82) is 0 Å². The first kappa shape index (κ1) is 21.4. The molecule has 0 radical (unpaired) electrons. The number of ether oxygens (including phenoxy) is 1. The van der Waals surface area contributed by atoms with Crippen LogP contribution in [0.5, 0.6) is 5.75 Å². The summed E-state index contributed by atoms with van der Waals surface area (Å²) >= 11 is 0. The first-order valence-electron chi connectivity index (χ1n) is 12.8. The largest absolute Gasteiger partial charge is 0.493 e. The van der Waals surface area contributed by atoms with Gasteiger partial charge in [0.05, 0.1) is 12.2 Å². The summed E-state index contributed by atoms with van der Waals surface area (Å²) in [6, 6.07) is 1.96. The van der Waals surface area contributed by atoms with Crippen LogP contribution in [0.2, 0.25) is 0 Å². The third-order valence-corrected chi connectivity index (χ3v) is 9.23. The summed E-state index contributed by atoms with van der Waals surface area (Å²) in [5.74, 6) is 1.26. The lowest BCUT2D eigenvalue weighted by Gasteiger charge is -2.56. The van der Waals surface area contributed by atoms with Crippen molar-refractivity contribution in [3.8, 4) is 5.75 Å². The first-order chi connectivity index (χ1) is 15.8. The number of amides is 1. The second kappa shape index (κ2) is 7.71. The highest BCUT2D eigenvalue weighted by Crippen LogP contribution is 2.60. The molecular formula is C27H34FNO4. The maximum absolute atomic E-state index is 15.3. The zero-order chi connectivity index (χ0) is 22.9. The van der Waals surface area contributed by atoms with E-state index in [2.05, 4.69) is 0 Å². The SMILES string of the molecule is CC1CCC(C(=O)O)N1C(=O)c1cc(C2CC2)c(OCC23CC4CC(CC(C4)C2)C3)cc1F. The van der Waals surface area contributed by atoms with Gasteiger partial charge in [0, 0.05) is 17.5 Å². The van der Waals surface area contributed by atoms with Crippen LogP contribution in [0.4, 0.5) is 4.39 Å². The molecule has 1 aromatic carbocycles. The number of hydrogen-bond donors (Lipinski definition) is 1. The summed E-state index contributed by atoms with van der Waals surface area (Å²) in [7, 11) is 0. The number of benzene rings is 1. The minimum absolute atomic E-state index is 0.0148. The van der Waals surface area contributed by atoms with Crippen LogP contribution in [0.15, 0.2) is 12.1 Å². The minimum Gasteiger partial charge on any atom is -0.493 e. The smallest absolute Gasteiger partial charge is 0.326 e. The van der Waals surface area contributed by atoms with E-state index in [9.17, 15) is 14.7 Å². The lowest BCUT2D eigenvalue weighted by Crippen LogP contribution is -2.48. The van der Waals surface area contributed by atoms with Gasteiger partial charge in [-0.2, -0.15) is 0 Å². The molecule has 0 aromatic heterocycles. The molecule has 1 heterocycles. The van der Waals surface area contributed by atoms with Gasteiger partial charge in [0.1, 0.15) is 17.6 Å². The van der Waals surface area contributed by atoms with E-state index in [1.807, 2.05) is 6.92 Å². The van der Waals surface area contributed by atoms with Gasteiger partial charge in [-0.3, -0.25) is 4.79 Å². The van der Waals surface area contributed by atoms with E-state index < -0.39 is 23.7 Å². The summed E-state index contributed by atoms with van der Waals surface area (Å²) in [5, 5.41) is 9.54. The molecule has 6 fully saturated rings. The van der Waals surface area contributed by atoms with Crippen LogP contribution in [0.3, 0.4) is 0 Å². The molecule has 6 aliphatic rings. The monoisotopic (exact) mass is 455 g/mol. The molecule has 178 valence electrons. The minimum atomic E-state index is -1.02. The topological polar surface area (TPSA) is 66.8 Å². The average molecular weight is 456 g/mol. The lowest BCUT2D eigenvalue weighted by atomic mass is 9.50. The van der Waals surface area contributed by atoms with Gasteiger partial charge in [-0.1, -0.05) is 0 Å². The van der Waals surface area contributed by atoms with Crippen molar-refractivity contribution in [2.45, 2.75) is 89.1 Å². The van der Waals surface area contributed by atoms with Crippen molar-refractivity contribution < 1.29 is 23.8 Å². The number of carbonyl (C=O) groups is 2. The van der Waals surface area contributed by atoms with Crippen LogP contribution in [0.1, 0.15) is 93.0 Å². The zero-order valence-electron chi connectivity index (χ0n) is 19.4. The van der Waals surface area contributed by atoms with E-state index >= 15 is 4.39 Å². The van der Waals surface area contributed by atoms with Crippen LogP contribution >= 0.6 is 0 Å². The second-order valence-electron chi connectivity index (χ2n) is 11.8. The summed E-state index contributed by atoms with van der Waals surface area (Å²) in [6.45, 7) is 2.48. The third kappa shape index (κ3) is 3.74. The Balaban J connectivity index is 1.25. The maximum Gasteiger partial charge on any atom is 0.326 e. The fourth-order valence-electron chi connectivity index (χ4n) is 7.98. The molecular weight excluding hydrogens is 421 g/mol. The van der Waals surface area contributed by atoms with Gasteiger partial charge in [-0.25, -0.2) is 9.18 Å². The van der Waals surface area contributed by atoms with Crippen molar-refractivity contribution in [2.75, 3.05) is 6.61 Å². The first-order valence-corrected chi connectivity index (χ1v) is 12.8. The van der Waals surface area contributed by atoms with E-state index in [0.717, 1.165) is 36.2 Å². The molecule has 1 N–H and O–H groups in total. The predicted octanol–water partition coefficient (Wildman–Crippen LogP) is 5.38. The molecule has 5 aliphatic carbocycles. The van der Waals surface area contributed by atoms with Gasteiger partial charge in [0.15, 0.2) is 0 Å². The standard InChI is InChI=1S/C27H34FNO4/c1-15-2-5-23(26(31)32)29(15)25(30)21-9-20(19-3-4-19)24(10-22(21)28)33-14-27-11-16-6-17(12-27)8-18(7-16)13-27/h9-10,15-19,23H,2-8,11-14H2,1H3,(H,31,32). The van der Waals surface area contributed by atoms with E-state index in [-0.39, 0.29) is 17.0 Å². The molecule has 1 aromatic rings. The Morgan fingerprint density at radius 1 is 1.06 bits per heavy atom. The summed E-state index contributed by atoms with van der Waals surface area (Å²) in [5.41, 5.74) is 1.14. The molecule has 2 atom stereocenters. The van der Waals surface area contributed by atoms with Gasteiger partial charge in [0.25, 0.3) is 5.91 Å². The van der Waals surface area contributed by atoms with Crippen molar-refractivity contribution >= 4 is 11.9 Å². The number of aliphatic carboxylic acids is 1. The Bertz CT molecular complexity index is 951. The van der Waals surface area contributed by atoms with Crippen molar-refractivity contribution in [3.05, 3.63) is 29.1 Å². The number of carbonyl (C=O) groups excluding carboxylic acids is 1. The zero-order valence-corrected chi connectivity index (χ0v) is 19.4. The molecule has 6 heteroatoms. The van der Waals surface area contributed by atoms with E-state index in [1.54, 1.807) is 6.07 Å². The number of likely N-dealkylation sites (tertiary alicyclic amines) is 1. The highest BCUT2D eigenvalue weighted by Gasteiger charge is 2.51. The Morgan fingerprint density at radius 2 is 1.70 bits per heavy atom. The Labute approximate surface area is 194 Å². The van der Waals surface area contributed by atoms with E-state index in [0.29, 0.717) is 31.1 Å². The van der Waals surface area contributed by atoms with Crippen LogP contribution in [0, 0.1) is 29.0 Å². The van der Waals surface area contributed by atoms with Crippen LogP contribution in [0.25, 0.3) is 0 Å². The molecule has 5 nitrogen and oxygen atoms in total. The molecule has 0 spiro atoms. The number of halogens is 1. The van der Waals surface area contributed by atoms with Crippen LogP contribution < -0.4 is 4.74 Å². The Morgan fingerprint density at radius 3 is 2.27 bits per heavy atom. The van der Waals surface area contributed by atoms with Gasteiger partial charge in [-0.15, -0.1) is 0 Å². The number of carboxylic acid groups (broad SMARTS) is 1. The molecule has 5 saturated carbocycles. The number of rotatable bonds is 6. The molecule has 1 amide bonds. The third-order valence-electron chi connectivity index (χ3n) is 9.23. The normalized spacial score (nSPS) is 36.9. The molecule has 4 bridgehead atoms. The van der Waals surface area contributed by atoms with Gasteiger partial charge < -0.3 is 14.7 Å². The van der Waals surface area contributed by atoms with Gasteiger partial charge in [0.2, 0.25) is 0 Å². The molecule has 2 unspecified atom stereocenters. The fourth-order valence-corrected chi connectivity index (χ4v) is 7.98. The summed E-state index contributed by atoms with van der Waals surface area (Å²) < 4.78 is 21.7. The van der Waals surface area contributed by atoms with E-state index in [1.165, 1.54) is 49.5 Å². The summed E-state index contributed by atoms with van der Waals surface area (Å²) in [6.07, 6.45) is 10.9. The van der Waals surface area contributed by atoms with E-state index in [4.69, 9.17) is 4.74 Å². The molecule has 7 rings (SSSR count). The van der Waals surface area contributed by atoms with Crippen molar-refractivity contribution in [2.24, 2.45) is 23.2 Å². The molecule has 1 saturated heterocycles.